The highest BCUT2D eigenvalue weighted by Crippen LogP contribution is 2.39. The van der Waals surface area contributed by atoms with Crippen LogP contribution in [0.4, 0.5) is 0 Å². The first kappa shape index (κ1) is 20.5. The van der Waals surface area contributed by atoms with Gasteiger partial charge in [-0.1, -0.05) is 121 Å². The van der Waals surface area contributed by atoms with E-state index in [2.05, 4.69) is 0 Å². The van der Waals surface area contributed by atoms with Gasteiger partial charge in [-0.15, -0.1) is 0 Å². The SMILES string of the molecule is O=C(C[C@@H](c1ccccc1)[C@@H](C(=O)c1ccccc1)c1ccccc1)c1ccccc1. The van der Waals surface area contributed by atoms with Crippen molar-refractivity contribution in [2.75, 3.05) is 0 Å². The first-order valence-corrected chi connectivity index (χ1v) is 10.5. The Morgan fingerprint density at radius 1 is 0.516 bits per heavy atom. The van der Waals surface area contributed by atoms with Crippen LogP contribution in [0.1, 0.15) is 50.1 Å². The quantitative estimate of drug-likeness (QED) is 0.306. The third-order valence-corrected chi connectivity index (χ3v) is 5.63. The molecular weight excluding hydrogens is 380 g/mol. The number of hydrogen-bond donors (Lipinski definition) is 0. The summed E-state index contributed by atoms with van der Waals surface area (Å²) in [5.74, 6) is -0.666. The second kappa shape index (κ2) is 9.82. The van der Waals surface area contributed by atoms with Crippen molar-refractivity contribution >= 4 is 11.6 Å². The predicted molar refractivity (Wildman–Crippen MR) is 125 cm³/mol. The summed E-state index contributed by atoms with van der Waals surface area (Å²) in [7, 11) is 0. The lowest BCUT2D eigenvalue weighted by molar-refractivity contribution is 0.0921. The lowest BCUT2D eigenvalue weighted by atomic mass is 9.74. The number of ketones is 2. The highest BCUT2D eigenvalue weighted by molar-refractivity contribution is 6.03. The Hall–Kier alpha value is -3.78. The fourth-order valence-corrected chi connectivity index (χ4v) is 4.08. The second-order valence-electron chi connectivity index (χ2n) is 7.63. The third kappa shape index (κ3) is 4.87. The van der Waals surface area contributed by atoms with Crippen molar-refractivity contribution in [1.29, 1.82) is 0 Å². The molecule has 0 aliphatic carbocycles. The van der Waals surface area contributed by atoms with Gasteiger partial charge in [-0.2, -0.15) is 0 Å². The van der Waals surface area contributed by atoms with Crippen molar-refractivity contribution in [3.8, 4) is 0 Å². The largest absolute Gasteiger partial charge is 0.294 e. The molecule has 4 rings (SSSR count). The summed E-state index contributed by atoms with van der Waals surface area (Å²) in [6.45, 7) is 0. The molecule has 0 fully saturated rings. The van der Waals surface area contributed by atoms with Gasteiger partial charge in [0.05, 0.1) is 5.92 Å². The van der Waals surface area contributed by atoms with Gasteiger partial charge in [0, 0.05) is 23.5 Å². The molecule has 0 aliphatic rings. The Labute approximate surface area is 183 Å². The summed E-state index contributed by atoms with van der Waals surface area (Å²) >= 11 is 0. The molecule has 0 bridgehead atoms. The van der Waals surface area contributed by atoms with Crippen LogP contribution >= 0.6 is 0 Å². The molecule has 2 nitrogen and oxygen atoms in total. The molecule has 152 valence electrons. The van der Waals surface area contributed by atoms with Crippen molar-refractivity contribution in [2.45, 2.75) is 18.3 Å². The maximum Gasteiger partial charge on any atom is 0.170 e. The molecule has 0 radical (unpaired) electrons. The molecule has 0 spiro atoms. The summed E-state index contributed by atoms with van der Waals surface area (Å²) in [5, 5.41) is 0. The fraction of sp³-hybridized carbons (Fsp3) is 0.103. The molecule has 2 atom stereocenters. The number of Topliss-reactive ketones (excluding diaryl/α,β-unsaturated/α-hetero) is 2. The van der Waals surface area contributed by atoms with Crippen LogP contribution in [0, 0.1) is 0 Å². The van der Waals surface area contributed by atoms with E-state index in [9.17, 15) is 9.59 Å². The maximum atomic E-state index is 13.8. The average Bonchev–Trinajstić information content (AvgIpc) is 2.85. The molecule has 0 heterocycles. The first-order chi connectivity index (χ1) is 15.2. The second-order valence-corrected chi connectivity index (χ2v) is 7.63. The normalized spacial score (nSPS) is 12.6. The van der Waals surface area contributed by atoms with E-state index >= 15 is 0 Å². The molecule has 0 saturated heterocycles. The van der Waals surface area contributed by atoms with Crippen LogP contribution in [0.5, 0.6) is 0 Å². The van der Waals surface area contributed by atoms with Crippen LogP contribution in [-0.2, 0) is 0 Å². The molecule has 2 heteroatoms. The Balaban J connectivity index is 1.80. The topological polar surface area (TPSA) is 34.1 Å². The maximum absolute atomic E-state index is 13.8. The van der Waals surface area contributed by atoms with Crippen molar-refractivity contribution in [3.63, 3.8) is 0 Å². The molecule has 0 saturated carbocycles. The number of rotatable bonds is 8. The van der Waals surface area contributed by atoms with Gasteiger partial charge in [0.25, 0.3) is 0 Å². The van der Waals surface area contributed by atoms with Crippen molar-refractivity contribution in [2.24, 2.45) is 0 Å². The molecule has 0 unspecified atom stereocenters. The predicted octanol–water partition coefficient (Wildman–Crippen LogP) is 6.71. The molecule has 31 heavy (non-hydrogen) atoms. The van der Waals surface area contributed by atoms with E-state index in [4.69, 9.17) is 0 Å². The van der Waals surface area contributed by atoms with Crippen LogP contribution in [-0.4, -0.2) is 11.6 Å². The van der Waals surface area contributed by atoms with Gasteiger partial charge in [0.2, 0.25) is 0 Å². The van der Waals surface area contributed by atoms with Gasteiger partial charge in [0.1, 0.15) is 0 Å². The van der Waals surface area contributed by atoms with Crippen LogP contribution in [0.2, 0.25) is 0 Å². The van der Waals surface area contributed by atoms with Crippen molar-refractivity contribution in [3.05, 3.63) is 144 Å². The number of benzene rings is 4. The molecule has 0 aliphatic heterocycles. The summed E-state index contributed by atoms with van der Waals surface area (Å²) < 4.78 is 0. The zero-order valence-electron chi connectivity index (χ0n) is 17.2. The Morgan fingerprint density at radius 3 is 1.45 bits per heavy atom. The Bertz CT molecular complexity index is 1120. The Morgan fingerprint density at radius 2 is 0.935 bits per heavy atom. The molecular formula is C29H24O2. The number of carbonyl (C=O) groups excluding carboxylic acids is 2. The highest BCUT2D eigenvalue weighted by Gasteiger charge is 2.33. The van der Waals surface area contributed by atoms with E-state index < -0.39 is 5.92 Å². The number of hydrogen-bond acceptors (Lipinski definition) is 2. The molecule has 4 aromatic carbocycles. The van der Waals surface area contributed by atoms with Crippen LogP contribution in [0.25, 0.3) is 0 Å². The minimum Gasteiger partial charge on any atom is -0.294 e. The minimum absolute atomic E-state index is 0.0292. The molecule has 0 aromatic heterocycles. The minimum atomic E-state index is -0.460. The first-order valence-electron chi connectivity index (χ1n) is 10.5. The van der Waals surface area contributed by atoms with E-state index in [0.717, 1.165) is 11.1 Å². The van der Waals surface area contributed by atoms with Gasteiger partial charge in [-0.3, -0.25) is 9.59 Å². The zero-order chi connectivity index (χ0) is 21.5. The monoisotopic (exact) mass is 404 g/mol. The zero-order valence-corrected chi connectivity index (χ0v) is 17.2. The molecule has 4 aromatic rings. The van der Waals surface area contributed by atoms with Crippen molar-refractivity contribution in [1.82, 2.24) is 0 Å². The van der Waals surface area contributed by atoms with Crippen LogP contribution < -0.4 is 0 Å². The van der Waals surface area contributed by atoms with E-state index in [0.29, 0.717) is 11.1 Å². The van der Waals surface area contributed by atoms with Gasteiger partial charge in [-0.05, 0) is 11.1 Å². The van der Waals surface area contributed by atoms with E-state index in [-0.39, 0.29) is 23.9 Å². The van der Waals surface area contributed by atoms with Crippen LogP contribution in [0.15, 0.2) is 121 Å². The van der Waals surface area contributed by atoms with Crippen molar-refractivity contribution < 1.29 is 9.59 Å². The van der Waals surface area contributed by atoms with Crippen LogP contribution in [0.3, 0.4) is 0 Å². The van der Waals surface area contributed by atoms with E-state index in [1.165, 1.54) is 0 Å². The fourth-order valence-electron chi connectivity index (χ4n) is 4.08. The highest BCUT2D eigenvalue weighted by atomic mass is 16.1. The summed E-state index contributed by atoms with van der Waals surface area (Å²) in [5.41, 5.74) is 3.24. The lowest BCUT2D eigenvalue weighted by Crippen LogP contribution is -2.23. The van der Waals surface area contributed by atoms with Gasteiger partial charge in [-0.25, -0.2) is 0 Å². The van der Waals surface area contributed by atoms with Gasteiger partial charge >= 0.3 is 0 Å². The third-order valence-electron chi connectivity index (χ3n) is 5.63. The average molecular weight is 405 g/mol. The van der Waals surface area contributed by atoms with E-state index in [1.54, 1.807) is 0 Å². The standard InChI is InChI=1S/C29H24O2/c30-27(23-15-7-2-8-16-23)21-26(22-13-5-1-6-14-22)28(24-17-9-3-10-18-24)29(31)25-19-11-4-12-20-25/h1-20,26,28H,21H2/t26-,28-/m0/s1. The number of carbonyl (C=O) groups is 2. The summed E-state index contributed by atoms with van der Waals surface area (Å²) in [6.07, 6.45) is 0.256. The Kier molecular flexibility index (Phi) is 6.49. The van der Waals surface area contributed by atoms with E-state index in [1.807, 2.05) is 121 Å². The molecule has 0 amide bonds. The summed E-state index contributed by atoms with van der Waals surface area (Å²) in [4.78, 5) is 27.0. The lowest BCUT2D eigenvalue weighted by Gasteiger charge is -2.27. The van der Waals surface area contributed by atoms with Gasteiger partial charge in [0.15, 0.2) is 11.6 Å². The summed E-state index contributed by atoms with van der Waals surface area (Å²) in [6, 6.07) is 38.4. The smallest absolute Gasteiger partial charge is 0.170 e. The van der Waals surface area contributed by atoms with Gasteiger partial charge < -0.3 is 0 Å². The molecule has 0 N–H and O–H groups in total.